The Morgan fingerprint density at radius 2 is 1.58 bits per heavy atom. The number of H-pyrrole nitrogens is 1. The number of benzene rings is 2. The van der Waals surface area contributed by atoms with Crippen molar-refractivity contribution in [2.75, 3.05) is 0 Å². The largest absolute Gasteiger partial charge is 0.461 e. The fourth-order valence-corrected chi connectivity index (χ4v) is 3.13. The summed E-state index contributed by atoms with van der Waals surface area (Å²) >= 11 is 0. The highest BCUT2D eigenvalue weighted by atomic mass is 16.3. The molecule has 0 unspecified atom stereocenters. The molecule has 6 nitrogen and oxygen atoms in total. The van der Waals surface area contributed by atoms with Crippen molar-refractivity contribution >= 4 is 33.5 Å². The van der Waals surface area contributed by atoms with E-state index >= 15 is 0 Å². The molecule has 6 heteroatoms. The zero-order valence-electron chi connectivity index (χ0n) is 14.1. The molecule has 0 fully saturated rings. The van der Waals surface area contributed by atoms with Gasteiger partial charge in [0.05, 0.1) is 0 Å². The van der Waals surface area contributed by atoms with Gasteiger partial charge in [-0.15, -0.1) is 0 Å². The highest BCUT2D eigenvalue weighted by Crippen LogP contribution is 2.23. The molecule has 4 aromatic rings. The summed E-state index contributed by atoms with van der Waals surface area (Å²) in [5, 5.41) is 17.1. The van der Waals surface area contributed by atoms with Crippen molar-refractivity contribution in [1.29, 1.82) is 10.8 Å². The van der Waals surface area contributed by atoms with Crippen molar-refractivity contribution in [3.05, 3.63) is 71.1 Å². The van der Waals surface area contributed by atoms with E-state index in [1.165, 1.54) is 0 Å². The van der Waals surface area contributed by atoms with Crippen LogP contribution in [-0.4, -0.2) is 16.7 Å². The molecule has 2 heterocycles. The van der Waals surface area contributed by atoms with Crippen molar-refractivity contribution in [3.8, 4) is 0 Å². The Balaban J connectivity index is 1.54. The summed E-state index contributed by atoms with van der Waals surface area (Å²) in [5.41, 5.74) is 15.3. The standard InChI is InChI=1S/C20H19N5O/c21-19(22)12-3-6-17-14(7-12)8-15(25-17)4-5-16-9-11-1-2-13(20(23)24)10-18(11)26-16/h1-3,6-10,25H,4-5H2,(H3,21,22)(H3,23,24). The van der Waals surface area contributed by atoms with E-state index in [-0.39, 0.29) is 11.7 Å². The number of aromatic nitrogens is 1. The first-order chi connectivity index (χ1) is 12.5. The lowest BCUT2D eigenvalue weighted by Crippen LogP contribution is -2.10. The lowest BCUT2D eigenvalue weighted by molar-refractivity contribution is 0.546. The number of rotatable bonds is 5. The number of furan rings is 1. The summed E-state index contributed by atoms with van der Waals surface area (Å²) in [4.78, 5) is 3.39. The quantitative estimate of drug-likeness (QED) is 0.281. The molecular formula is C20H19N5O. The Bertz CT molecular complexity index is 1060. The third-order valence-electron chi connectivity index (χ3n) is 4.51. The molecule has 0 aliphatic heterocycles. The number of aromatic amines is 1. The second-order valence-corrected chi connectivity index (χ2v) is 6.39. The summed E-state index contributed by atoms with van der Waals surface area (Å²) in [5.74, 6) is 0.999. The average molecular weight is 345 g/mol. The maximum absolute atomic E-state index is 7.54. The first-order valence-electron chi connectivity index (χ1n) is 8.32. The summed E-state index contributed by atoms with van der Waals surface area (Å²) in [6.07, 6.45) is 1.57. The number of aryl methyl sites for hydroxylation is 2. The minimum Gasteiger partial charge on any atom is -0.461 e. The van der Waals surface area contributed by atoms with Gasteiger partial charge in [0.1, 0.15) is 23.0 Å². The van der Waals surface area contributed by atoms with Crippen LogP contribution in [0.4, 0.5) is 0 Å². The van der Waals surface area contributed by atoms with Crippen molar-refractivity contribution in [2.45, 2.75) is 12.8 Å². The van der Waals surface area contributed by atoms with Gasteiger partial charge < -0.3 is 20.9 Å². The Hall–Kier alpha value is -3.54. The van der Waals surface area contributed by atoms with Gasteiger partial charge in [0.2, 0.25) is 0 Å². The van der Waals surface area contributed by atoms with E-state index in [2.05, 4.69) is 11.1 Å². The van der Waals surface area contributed by atoms with Gasteiger partial charge in [-0.25, -0.2) is 0 Å². The van der Waals surface area contributed by atoms with Crippen LogP contribution < -0.4 is 11.5 Å². The predicted octanol–water partition coefficient (Wildman–Crippen LogP) is 3.27. The summed E-state index contributed by atoms with van der Waals surface area (Å²) in [6, 6.07) is 15.4. The molecule has 0 amide bonds. The van der Waals surface area contributed by atoms with Gasteiger partial charge in [-0.3, -0.25) is 10.8 Å². The lowest BCUT2D eigenvalue weighted by Gasteiger charge is -1.97. The molecule has 0 bridgehead atoms. The molecule has 0 atom stereocenters. The van der Waals surface area contributed by atoms with E-state index in [9.17, 15) is 0 Å². The molecule has 0 aliphatic rings. The Kier molecular flexibility index (Phi) is 3.73. The maximum atomic E-state index is 7.54. The maximum Gasteiger partial charge on any atom is 0.135 e. The monoisotopic (exact) mass is 345 g/mol. The van der Waals surface area contributed by atoms with E-state index in [4.69, 9.17) is 26.7 Å². The van der Waals surface area contributed by atoms with E-state index in [0.29, 0.717) is 5.56 Å². The molecule has 2 aromatic carbocycles. The average Bonchev–Trinajstić information content (AvgIpc) is 3.21. The Morgan fingerprint density at radius 1 is 0.846 bits per heavy atom. The zero-order valence-corrected chi connectivity index (χ0v) is 14.1. The molecule has 0 saturated carbocycles. The van der Waals surface area contributed by atoms with Crippen LogP contribution in [0.2, 0.25) is 0 Å². The van der Waals surface area contributed by atoms with Gasteiger partial charge in [0, 0.05) is 39.5 Å². The predicted molar refractivity (Wildman–Crippen MR) is 104 cm³/mol. The first kappa shape index (κ1) is 16.0. The fraction of sp³-hybridized carbons (Fsp3) is 0.100. The minimum atomic E-state index is 0.0351. The van der Waals surface area contributed by atoms with Crippen LogP contribution in [0, 0.1) is 10.8 Å². The topological polar surface area (TPSA) is 129 Å². The highest BCUT2D eigenvalue weighted by molar-refractivity contribution is 5.99. The Labute approximate surface area is 149 Å². The summed E-state index contributed by atoms with van der Waals surface area (Å²) in [7, 11) is 0. The van der Waals surface area contributed by atoms with Crippen LogP contribution in [0.3, 0.4) is 0 Å². The number of hydrogen-bond donors (Lipinski definition) is 5. The van der Waals surface area contributed by atoms with Crippen molar-refractivity contribution in [2.24, 2.45) is 11.5 Å². The first-order valence-corrected chi connectivity index (χ1v) is 8.32. The fourth-order valence-electron chi connectivity index (χ4n) is 3.13. The number of nitrogens with one attached hydrogen (secondary N) is 3. The van der Waals surface area contributed by atoms with Crippen LogP contribution in [0.15, 0.2) is 52.9 Å². The zero-order chi connectivity index (χ0) is 18.3. The number of amidine groups is 2. The molecule has 2 aromatic heterocycles. The molecule has 7 N–H and O–H groups in total. The normalized spacial score (nSPS) is 11.2. The minimum absolute atomic E-state index is 0.0351. The third-order valence-corrected chi connectivity index (χ3v) is 4.51. The molecule has 0 saturated heterocycles. The van der Waals surface area contributed by atoms with Crippen LogP contribution in [-0.2, 0) is 12.8 Å². The molecule has 4 rings (SSSR count). The van der Waals surface area contributed by atoms with Crippen LogP contribution in [0.1, 0.15) is 22.6 Å². The molecule has 26 heavy (non-hydrogen) atoms. The SMILES string of the molecule is N=C(N)c1ccc2[nH]c(CCc3cc4ccc(C(=N)N)cc4o3)cc2c1. The van der Waals surface area contributed by atoms with Crippen molar-refractivity contribution in [1.82, 2.24) is 4.98 Å². The second kappa shape index (κ2) is 6.07. The smallest absolute Gasteiger partial charge is 0.135 e. The number of fused-ring (bicyclic) bond motifs is 2. The van der Waals surface area contributed by atoms with Gasteiger partial charge in [0.25, 0.3) is 0 Å². The van der Waals surface area contributed by atoms with Crippen LogP contribution in [0.25, 0.3) is 21.9 Å². The number of hydrogen-bond acceptors (Lipinski definition) is 3. The van der Waals surface area contributed by atoms with E-state index in [1.54, 1.807) is 6.07 Å². The van der Waals surface area contributed by atoms with Crippen LogP contribution >= 0.6 is 0 Å². The highest BCUT2D eigenvalue weighted by Gasteiger charge is 2.08. The third kappa shape index (κ3) is 2.93. The van der Waals surface area contributed by atoms with Gasteiger partial charge in [0.15, 0.2) is 0 Å². The molecular weight excluding hydrogens is 326 g/mol. The van der Waals surface area contributed by atoms with Gasteiger partial charge in [-0.2, -0.15) is 0 Å². The molecule has 130 valence electrons. The van der Waals surface area contributed by atoms with E-state index in [0.717, 1.165) is 51.7 Å². The summed E-state index contributed by atoms with van der Waals surface area (Å²) in [6.45, 7) is 0. The lowest BCUT2D eigenvalue weighted by atomic mass is 10.1. The van der Waals surface area contributed by atoms with E-state index in [1.807, 2.05) is 36.4 Å². The number of nitrogen functional groups attached to an aromatic ring is 2. The second-order valence-electron chi connectivity index (χ2n) is 6.39. The number of nitrogens with two attached hydrogens (primary N) is 2. The van der Waals surface area contributed by atoms with Crippen LogP contribution in [0.5, 0.6) is 0 Å². The molecule has 0 aliphatic carbocycles. The summed E-state index contributed by atoms with van der Waals surface area (Å²) < 4.78 is 5.89. The molecule has 0 radical (unpaired) electrons. The van der Waals surface area contributed by atoms with Gasteiger partial charge >= 0.3 is 0 Å². The van der Waals surface area contributed by atoms with E-state index < -0.39 is 0 Å². The Morgan fingerprint density at radius 3 is 2.35 bits per heavy atom. The van der Waals surface area contributed by atoms with Crippen molar-refractivity contribution < 1.29 is 4.42 Å². The molecule has 0 spiro atoms. The van der Waals surface area contributed by atoms with Crippen molar-refractivity contribution in [3.63, 3.8) is 0 Å². The van der Waals surface area contributed by atoms with Gasteiger partial charge in [-0.05, 0) is 42.8 Å². The van der Waals surface area contributed by atoms with Gasteiger partial charge in [-0.1, -0.05) is 12.1 Å².